The summed E-state index contributed by atoms with van der Waals surface area (Å²) in [6.07, 6.45) is 2.91. The molecule has 0 saturated carbocycles. The lowest BCUT2D eigenvalue weighted by Crippen LogP contribution is -2.06. The van der Waals surface area contributed by atoms with E-state index in [9.17, 15) is 4.39 Å². The minimum atomic E-state index is -0.527. The summed E-state index contributed by atoms with van der Waals surface area (Å²) in [6.45, 7) is 2.33. The third-order valence-electron chi connectivity index (χ3n) is 2.32. The van der Waals surface area contributed by atoms with Crippen molar-refractivity contribution in [2.24, 2.45) is 7.05 Å². The van der Waals surface area contributed by atoms with Gasteiger partial charge in [0.05, 0.1) is 11.9 Å². The second-order valence-electron chi connectivity index (χ2n) is 3.69. The van der Waals surface area contributed by atoms with Crippen molar-refractivity contribution in [1.82, 2.24) is 19.7 Å². The molecule has 0 aliphatic carbocycles. The second-order valence-corrected chi connectivity index (χ2v) is 3.69. The lowest BCUT2D eigenvalue weighted by atomic mass is 10.2. The number of nitrogens with two attached hydrogens (primary N) is 1. The molecule has 0 unspecified atom stereocenters. The molecule has 0 aromatic carbocycles. The quantitative estimate of drug-likeness (QED) is 0.825. The van der Waals surface area contributed by atoms with E-state index in [0.29, 0.717) is 6.54 Å². The average molecular weight is 236 g/mol. The summed E-state index contributed by atoms with van der Waals surface area (Å²) in [5, 5.41) is 7.05. The molecule has 0 radical (unpaired) electrons. The summed E-state index contributed by atoms with van der Waals surface area (Å²) in [6, 6.07) is 0. The second kappa shape index (κ2) is 4.36. The maximum Gasteiger partial charge on any atom is 0.222 e. The molecule has 2 heterocycles. The van der Waals surface area contributed by atoms with Crippen molar-refractivity contribution >= 4 is 11.8 Å². The molecular weight excluding hydrogens is 223 g/mol. The molecule has 0 aliphatic heterocycles. The van der Waals surface area contributed by atoms with E-state index in [-0.39, 0.29) is 11.8 Å². The summed E-state index contributed by atoms with van der Waals surface area (Å²) >= 11 is 0. The number of hydrogen-bond acceptors (Lipinski definition) is 5. The molecule has 7 heteroatoms. The summed E-state index contributed by atoms with van der Waals surface area (Å²) in [7, 11) is 1.83. The van der Waals surface area contributed by atoms with Gasteiger partial charge in [-0.05, 0) is 6.92 Å². The standard InChI is InChI=1S/C10H13FN6/c1-6-7(5-17(2)16-6)3-13-9-8(11)4-14-10(12)15-9/h4-5H,3H2,1-2H3,(H3,12,13,14,15). The van der Waals surface area contributed by atoms with Crippen LogP contribution in [0.25, 0.3) is 0 Å². The van der Waals surface area contributed by atoms with E-state index >= 15 is 0 Å². The summed E-state index contributed by atoms with van der Waals surface area (Å²) in [5.74, 6) is -0.390. The first-order chi connectivity index (χ1) is 8.06. The number of anilines is 2. The lowest BCUT2D eigenvalue weighted by Gasteiger charge is -2.05. The molecule has 0 fully saturated rings. The first-order valence-electron chi connectivity index (χ1n) is 5.07. The van der Waals surface area contributed by atoms with E-state index < -0.39 is 5.82 Å². The van der Waals surface area contributed by atoms with E-state index in [1.165, 1.54) is 0 Å². The molecule has 17 heavy (non-hydrogen) atoms. The first-order valence-corrected chi connectivity index (χ1v) is 5.07. The Morgan fingerprint density at radius 1 is 1.53 bits per heavy atom. The van der Waals surface area contributed by atoms with Gasteiger partial charge in [0.25, 0.3) is 0 Å². The number of halogens is 1. The zero-order valence-electron chi connectivity index (χ0n) is 9.61. The molecule has 0 spiro atoms. The van der Waals surface area contributed by atoms with Crippen LogP contribution in [-0.2, 0) is 13.6 Å². The molecular formula is C10H13FN6. The van der Waals surface area contributed by atoms with Crippen molar-refractivity contribution in [3.05, 3.63) is 29.5 Å². The van der Waals surface area contributed by atoms with Crippen LogP contribution in [0.4, 0.5) is 16.2 Å². The number of nitrogen functional groups attached to an aromatic ring is 1. The predicted octanol–water partition coefficient (Wildman–Crippen LogP) is 0.852. The van der Waals surface area contributed by atoms with Crippen LogP contribution in [0.15, 0.2) is 12.4 Å². The molecule has 3 N–H and O–H groups in total. The van der Waals surface area contributed by atoms with Gasteiger partial charge in [-0.25, -0.2) is 9.37 Å². The van der Waals surface area contributed by atoms with E-state index in [2.05, 4.69) is 20.4 Å². The Kier molecular flexibility index (Phi) is 2.90. The van der Waals surface area contributed by atoms with Crippen LogP contribution >= 0.6 is 0 Å². The van der Waals surface area contributed by atoms with Gasteiger partial charge in [-0.1, -0.05) is 0 Å². The molecule has 0 aliphatic rings. The van der Waals surface area contributed by atoms with Gasteiger partial charge in [0.2, 0.25) is 5.95 Å². The van der Waals surface area contributed by atoms with Gasteiger partial charge in [0, 0.05) is 25.4 Å². The van der Waals surface area contributed by atoms with Gasteiger partial charge in [-0.15, -0.1) is 0 Å². The number of nitrogens with zero attached hydrogens (tertiary/aromatic N) is 4. The predicted molar refractivity (Wildman–Crippen MR) is 61.7 cm³/mol. The Hall–Kier alpha value is -2.18. The maximum absolute atomic E-state index is 13.3. The number of aryl methyl sites for hydroxylation is 2. The topological polar surface area (TPSA) is 81.7 Å². The Morgan fingerprint density at radius 3 is 2.94 bits per heavy atom. The van der Waals surface area contributed by atoms with Gasteiger partial charge < -0.3 is 11.1 Å². The minimum absolute atomic E-state index is 0.0387. The molecule has 2 aromatic heterocycles. The molecule has 0 bridgehead atoms. The third-order valence-corrected chi connectivity index (χ3v) is 2.32. The van der Waals surface area contributed by atoms with Crippen LogP contribution in [0.5, 0.6) is 0 Å². The molecule has 0 atom stereocenters. The number of hydrogen-bond donors (Lipinski definition) is 2. The van der Waals surface area contributed by atoms with Crippen molar-refractivity contribution in [1.29, 1.82) is 0 Å². The van der Waals surface area contributed by atoms with Gasteiger partial charge in [0.1, 0.15) is 0 Å². The highest BCUT2D eigenvalue weighted by Gasteiger charge is 2.07. The van der Waals surface area contributed by atoms with Gasteiger partial charge >= 0.3 is 0 Å². The fourth-order valence-electron chi connectivity index (χ4n) is 1.51. The van der Waals surface area contributed by atoms with E-state index in [0.717, 1.165) is 17.5 Å². The molecule has 0 saturated heterocycles. The Balaban J connectivity index is 2.12. The molecule has 90 valence electrons. The summed E-state index contributed by atoms with van der Waals surface area (Å²) in [4.78, 5) is 7.33. The van der Waals surface area contributed by atoms with Crippen LogP contribution in [0.3, 0.4) is 0 Å². The number of nitrogens with one attached hydrogen (secondary N) is 1. The Morgan fingerprint density at radius 2 is 2.29 bits per heavy atom. The SMILES string of the molecule is Cc1nn(C)cc1CNc1nc(N)ncc1F. The summed E-state index contributed by atoms with van der Waals surface area (Å²) in [5.41, 5.74) is 7.25. The normalized spacial score (nSPS) is 10.5. The average Bonchev–Trinajstić information content (AvgIpc) is 2.59. The highest BCUT2D eigenvalue weighted by molar-refractivity contribution is 5.40. The van der Waals surface area contributed by atoms with Crippen LogP contribution in [0.2, 0.25) is 0 Å². The molecule has 2 rings (SSSR count). The smallest absolute Gasteiger partial charge is 0.222 e. The van der Waals surface area contributed by atoms with Crippen LogP contribution in [0, 0.1) is 12.7 Å². The van der Waals surface area contributed by atoms with Crippen molar-refractivity contribution in [2.75, 3.05) is 11.1 Å². The minimum Gasteiger partial charge on any atom is -0.368 e. The lowest BCUT2D eigenvalue weighted by molar-refractivity contribution is 0.617. The number of aromatic nitrogens is 4. The first kappa shape index (κ1) is 11.3. The maximum atomic E-state index is 13.3. The van der Waals surface area contributed by atoms with E-state index in [1.807, 2.05) is 20.2 Å². The third kappa shape index (κ3) is 2.49. The van der Waals surface area contributed by atoms with Crippen molar-refractivity contribution in [2.45, 2.75) is 13.5 Å². The van der Waals surface area contributed by atoms with Crippen LogP contribution in [-0.4, -0.2) is 19.7 Å². The highest BCUT2D eigenvalue weighted by Crippen LogP contribution is 2.13. The van der Waals surface area contributed by atoms with Gasteiger partial charge in [0.15, 0.2) is 11.6 Å². The largest absolute Gasteiger partial charge is 0.368 e. The number of rotatable bonds is 3. The fraction of sp³-hybridized carbons (Fsp3) is 0.300. The van der Waals surface area contributed by atoms with Gasteiger partial charge in [-0.3, -0.25) is 4.68 Å². The molecule has 0 amide bonds. The van der Waals surface area contributed by atoms with E-state index in [1.54, 1.807) is 4.68 Å². The van der Waals surface area contributed by atoms with Crippen LogP contribution < -0.4 is 11.1 Å². The van der Waals surface area contributed by atoms with Crippen LogP contribution in [0.1, 0.15) is 11.3 Å². The van der Waals surface area contributed by atoms with Crippen molar-refractivity contribution < 1.29 is 4.39 Å². The molecule has 6 nitrogen and oxygen atoms in total. The van der Waals surface area contributed by atoms with Gasteiger partial charge in [-0.2, -0.15) is 10.1 Å². The molecule has 2 aromatic rings. The van der Waals surface area contributed by atoms with Crippen molar-refractivity contribution in [3.8, 4) is 0 Å². The highest BCUT2D eigenvalue weighted by atomic mass is 19.1. The summed E-state index contributed by atoms with van der Waals surface area (Å²) < 4.78 is 15.0. The Labute approximate surface area is 97.7 Å². The van der Waals surface area contributed by atoms with E-state index in [4.69, 9.17) is 5.73 Å². The zero-order chi connectivity index (χ0) is 12.4. The van der Waals surface area contributed by atoms with Crippen molar-refractivity contribution in [3.63, 3.8) is 0 Å². The fourth-order valence-corrected chi connectivity index (χ4v) is 1.51. The Bertz CT molecular complexity index is 536. The zero-order valence-corrected chi connectivity index (χ0v) is 9.61. The monoisotopic (exact) mass is 236 g/mol.